The van der Waals surface area contributed by atoms with Crippen LogP contribution in [-0.4, -0.2) is 31.2 Å². The highest BCUT2D eigenvalue weighted by atomic mass is 19.1. The first-order chi connectivity index (χ1) is 13.0. The Kier molecular flexibility index (Phi) is 8.05. The molecule has 0 spiro atoms. The summed E-state index contributed by atoms with van der Waals surface area (Å²) in [6.45, 7) is 0.245. The highest BCUT2D eigenvalue weighted by Crippen LogP contribution is 2.27. The van der Waals surface area contributed by atoms with Crippen LogP contribution < -0.4 is 10.6 Å². The van der Waals surface area contributed by atoms with Crippen LogP contribution in [0.4, 0.5) is 13.6 Å². The normalized spacial score (nSPS) is 15.0. The molecule has 0 saturated heterocycles. The van der Waals surface area contributed by atoms with Crippen molar-refractivity contribution in [1.82, 2.24) is 10.6 Å². The predicted octanol–water partition coefficient (Wildman–Crippen LogP) is 2.93. The molecule has 27 heavy (non-hydrogen) atoms. The number of rotatable bonds is 8. The lowest BCUT2D eigenvalue weighted by Gasteiger charge is -2.18. The average molecular weight is 378 g/mol. The number of hydrogen-bond donors (Lipinski definition) is 2. The van der Waals surface area contributed by atoms with Gasteiger partial charge in [0.2, 0.25) is 5.91 Å². The van der Waals surface area contributed by atoms with Crippen LogP contribution in [0.3, 0.4) is 0 Å². The van der Waals surface area contributed by atoms with E-state index < -0.39 is 29.7 Å². The Labute approximate surface area is 157 Å². The first kappa shape index (κ1) is 20.7. The second-order valence-corrected chi connectivity index (χ2v) is 6.68. The fraction of sp³-hybridized carbons (Fsp3) is 0.500. The lowest BCUT2D eigenvalue weighted by Crippen LogP contribution is -2.48. The number of nitrogens with one attached hydrogen (secondary N) is 2. The molecule has 1 aliphatic rings. The van der Waals surface area contributed by atoms with Crippen LogP contribution in [0.5, 0.6) is 0 Å². The van der Waals surface area contributed by atoms with E-state index in [4.69, 9.17) is 11.2 Å². The third-order valence-electron chi connectivity index (χ3n) is 4.57. The number of carbonyl (C=O) groups is 2. The maximum absolute atomic E-state index is 13.4. The molecule has 2 N–H and O–H groups in total. The smallest absolute Gasteiger partial charge is 0.407 e. The summed E-state index contributed by atoms with van der Waals surface area (Å²) in [4.78, 5) is 24.3. The van der Waals surface area contributed by atoms with Gasteiger partial charge in [0.25, 0.3) is 0 Å². The monoisotopic (exact) mass is 378 g/mol. The molecule has 2 amide bonds. The molecule has 0 unspecified atom stereocenters. The van der Waals surface area contributed by atoms with Crippen LogP contribution in [0.1, 0.15) is 37.7 Å². The number of amides is 2. The average Bonchev–Trinajstić information content (AvgIpc) is 3.11. The Hall–Kier alpha value is -2.62. The molecule has 0 aromatic heterocycles. The topological polar surface area (TPSA) is 67.4 Å². The Balaban J connectivity index is 1.93. The summed E-state index contributed by atoms with van der Waals surface area (Å²) in [6.07, 6.45) is 9.77. The van der Waals surface area contributed by atoms with Crippen molar-refractivity contribution in [3.05, 3.63) is 35.4 Å². The van der Waals surface area contributed by atoms with E-state index in [0.717, 1.165) is 37.5 Å². The molecular weight excluding hydrogens is 354 g/mol. The molecule has 146 valence electrons. The second kappa shape index (κ2) is 10.5. The van der Waals surface area contributed by atoms with Gasteiger partial charge in [-0.25, -0.2) is 13.6 Å². The van der Waals surface area contributed by atoms with E-state index in [1.165, 1.54) is 12.8 Å². The Morgan fingerprint density at radius 3 is 2.52 bits per heavy atom. The first-order valence-corrected chi connectivity index (χ1v) is 9.07. The SMILES string of the molecule is C#CCNC(=O)[C@H](Cc1cc(F)cc(F)c1)NC(=O)OCCC1CCCC1. The number of ether oxygens (including phenoxy) is 1. The number of terminal acetylenes is 1. The van der Waals surface area contributed by atoms with Gasteiger partial charge in [0.1, 0.15) is 17.7 Å². The number of alkyl carbamates (subject to hydrolysis) is 1. The van der Waals surface area contributed by atoms with Crippen molar-refractivity contribution >= 4 is 12.0 Å². The number of benzene rings is 1. The van der Waals surface area contributed by atoms with E-state index in [1.807, 2.05) is 0 Å². The van der Waals surface area contributed by atoms with E-state index in [9.17, 15) is 18.4 Å². The molecule has 1 aliphatic carbocycles. The highest BCUT2D eigenvalue weighted by Gasteiger charge is 2.23. The van der Waals surface area contributed by atoms with Crippen molar-refractivity contribution in [2.75, 3.05) is 13.2 Å². The first-order valence-electron chi connectivity index (χ1n) is 9.07. The van der Waals surface area contributed by atoms with Crippen LogP contribution in [0, 0.1) is 29.9 Å². The maximum atomic E-state index is 13.4. The molecule has 0 bridgehead atoms. The van der Waals surface area contributed by atoms with Crippen LogP contribution in [-0.2, 0) is 16.0 Å². The minimum absolute atomic E-state index is 0.0226. The van der Waals surface area contributed by atoms with E-state index in [0.29, 0.717) is 5.92 Å². The Morgan fingerprint density at radius 1 is 1.22 bits per heavy atom. The molecule has 7 heteroatoms. The van der Waals surface area contributed by atoms with Gasteiger partial charge in [-0.05, 0) is 30.0 Å². The molecule has 1 aromatic carbocycles. The molecule has 0 radical (unpaired) electrons. The zero-order chi connectivity index (χ0) is 19.6. The van der Waals surface area contributed by atoms with E-state index in [2.05, 4.69) is 16.6 Å². The Morgan fingerprint density at radius 2 is 1.89 bits per heavy atom. The number of hydrogen-bond acceptors (Lipinski definition) is 3. The minimum Gasteiger partial charge on any atom is -0.450 e. The summed E-state index contributed by atoms with van der Waals surface area (Å²) in [5.74, 6) is 0.765. The van der Waals surface area contributed by atoms with E-state index in [-0.39, 0.29) is 25.1 Å². The second-order valence-electron chi connectivity index (χ2n) is 6.68. The largest absolute Gasteiger partial charge is 0.450 e. The number of carbonyl (C=O) groups excluding carboxylic acids is 2. The van der Waals surface area contributed by atoms with Crippen molar-refractivity contribution < 1.29 is 23.1 Å². The van der Waals surface area contributed by atoms with Crippen LogP contribution in [0.15, 0.2) is 18.2 Å². The molecule has 1 atom stereocenters. The molecule has 5 nitrogen and oxygen atoms in total. The van der Waals surface area contributed by atoms with E-state index >= 15 is 0 Å². The highest BCUT2D eigenvalue weighted by molar-refractivity contribution is 5.86. The zero-order valence-electron chi connectivity index (χ0n) is 15.1. The summed E-state index contributed by atoms with van der Waals surface area (Å²) in [5, 5.41) is 4.91. The van der Waals surface area contributed by atoms with Crippen molar-refractivity contribution in [3.63, 3.8) is 0 Å². The summed E-state index contributed by atoms with van der Waals surface area (Å²) >= 11 is 0. The Bertz CT molecular complexity index is 677. The maximum Gasteiger partial charge on any atom is 0.407 e. The lowest BCUT2D eigenvalue weighted by molar-refractivity contribution is -0.122. The van der Waals surface area contributed by atoms with Gasteiger partial charge in [-0.15, -0.1) is 6.42 Å². The van der Waals surface area contributed by atoms with Gasteiger partial charge in [-0.1, -0.05) is 31.6 Å². The van der Waals surface area contributed by atoms with Gasteiger partial charge in [0.05, 0.1) is 13.2 Å². The standard InChI is InChI=1S/C20H24F2N2O3/c1-2-8-23-19(25)18(12-15-10-16(21)13-17(22)11-15)24-20(26)27-9-7-14-5-3-4-6-14/h1,10-11,13-14,18H,3-9,12H2,(H,23,25)(H,24,26)/t18-/m0/s1. The third kappa shape index (κ3) is 7.26. The molecule has 1 saturated carbocycles. The lowest BCUT2D eigenvalue weighted by atomic mass is 10.0. The summed E-state index contributed by atoms with van der Waals surface area (Å²) < 4.78 is 31.9. The third-order valence-corrected chi connectivity index (χ3v) is 4.57. The van der Waals surface area contributed by atoms with Gasteiger partial charge >= 0.3 is 6.09 Å². The zero-order valence-corrected chi connectivity index (χ0v) is 15.1. The predicted molar refractivity (Wildman–Crippen MR) is 96.8 cm³/mol. The van der Waals surface area contributed by atoms with Crippen LogP contribution in [0.25, 0.3) is 0 Å². The quantitative estimate of drug-likeness (QED) is 0.684. The summed E-state index contributed by atoms with van der Waals surface area (Å²) in [7, 11) is 0. The fourth-order valence-corrected chi connectivity index (χ4v) is 3.24. The van der Waals surface area contributed by atoms with Gasteiger partial charge in [0, 0.05) is 12.5 Å². The van der Waals surface area contributed by atoms with Crippen molar-refractivity contribution in [2.24, 2.45) is 5.92 Å². The summed E-state index contributed by atoms with van der Waals surface area (Å²) in [5.41, 5.74) is 0.236. The van der Waals surface area contributed by atoms with Crippen molar-refractivity contribution in [1.29, 1.82) is 0 Å². The summed E-state index contributed by atoms with van der Waals surface area (Å²) in [6, 6.07) is 1.90. The van der Waals surface area contributed by atoms with Gasteiger partial charge in [-0.3, -0.25) is 4.79 Å². The molecule has 1 aromatic rings. The van der Waals surface area contributed by atoms with Gasteiger partial charge < -0.3 is 15.4 Å². The van der Waals surface area contributed by atoms with Crippen LogP contribution >= 0.6 is 0 Å². The van der Waals surface area contributed by atoms with Gasteiger partial charge in [-0.2, -0.15) is 0 Å². The van der Waals surface area contributed by atoms with Crippen molar-refractivity contribution in [2.45, 2.75) is 44.6 Å². The fourth-order valence-electron chi connectivity index (χ4n) is 3.24. The van der Waals surface area contributed by atoms with Crippen LogP contribution in [0.2, 0.25) is 0 Å². The van der Waals surface area contributed by atoms with E-state index in [1.54, 1.807) is 0 Å². The van der Waals surface area contributed by atoms with Gasteiger partial charge in [0.15, 0.2) is 0 Å². The molecule has 0 heterocycles. The molecule has 1 fully saturated rings. The molecular formula is C20H24F2N2O3. The molecule has 2 rings (SSSR count). The molecule has 0 aliphatic heterocycles. The minimum atomic E-state index is -1.06. The van der Waals surface area contributed by atoms with Crippen molar-refractivity contribution in [3.8, 4) is 12.3 Å². The number of halogens is 2.